The van der Waals surface area contributed by atoms with Crippen molar-refractivity contribution in [3.05, 3.63) is 96.1 Å². The van der Waals surface area contributed by atoms with Gasteiger partial charge >= 0.3 is 0 Å². The Morgan fingerprint density at radius 3 is 2.52 bits per heavy atom. The van der Waals surface area contributed by atoms with Gasteiger partial charge in [-0.25, -0.2) is 4.68 Å². The molecule has 27 heavy (non-hydrogen) atoms. The molecule has 2 aromatic heterocycles. The van der Waals surface area contributed by atoms with Crippen molar-refractivity contribution in [1.29, 1.82) is 0 Å². The molecule has 4 aromatic rings. The van der Waals surface area contributed by atoms with Crippen molar-refractivity contribution in [3.8, 4) is 5.69 Å². The van der Waals surface area contributed by atoms with E-state index in [9.17, 15) is 4.79 Å². The Kier molecular flexibility index (Phi) is 4.74. The molecule has 0 saturated heterocycles. The molecule has 0 unspecified atom stereocenters. The van der Waals surface area contributed by atoms with E-state index in [2.05, 4.69) is 20.7 Å². The minimum absolute atomic E-state index is 0.258. The van der Waals surface area contributed by atoms with Crippen molar-refractivity contribution in [1.82, 2.24) is 30.1 Å². The highest BCUT2D eigenvalue weighted by Crippen LogP contribution is 2.11. The van der Waals surface area contributed by atoms with Crippen LogP contribution in [0.15, 0.2) is 79.3 Å². The quantitative estimate of drug-likeness (QED) is 0.574. The maximum atomic E-state index is 12.4. The van der Waals surface area contributed by atoms with E-state index in [0.29, 0.717) is 13.1 Å². The summed E-state index contributed by atoms with van der Waals surface area (Å²) in [6, 6.07) is 19.4. The lowest BCUT2D eigenvalue weighted by Gasteiger charge is -2.10. The standard InChI is InChI=1S/C20H18N6O/c27-20(19-15-26(24-23-19)18-9-2-1-3-10-18)21-13-16-7-4-5-8-17(16)14-25-12-6-11-22-25/h1-12,15H,13-14H2,(H,21,27). The molecule has 0 fully saturated rings. The molecule has 134 valence electrons. The van der Waals surface area contributed by atoms with Crippen LogP contribution in [0.25, 0.3) is 5.69 Å². The number of carbonyl (C=O) groups is 1. The van der Waals surface area contributed by atoms with Gasteiger partial charge in [0.15, 0.2) is 5.69 Å². The van der Waals surface area contributed by atoms with E-state index in [1.807, 2.05) is 71.5 Å². The Morgan fingerprint density at radius 2 is 1.74 bits per heavy atom. The Hall–Kier alpha value is -3.74. The molecule has 4 rings (SSSR count). The number of nitrogens with zero attached hydrogens (tertiary/aromatic N) is 5. The molecule has 2 aromatic carbocycles. The molecule has 0 aliphatic rings. The zero-order valence-electron chi connectivity index (χ0n) is 14.6. The fourth-order valence-electron chi connectivity index (χ4n) is 2.79. The molecule has 0 saturated carbocycles. The fourth-order valence-corrected chi connectivity index (χ4v) is 2.79. The first-order chi connectivity index (χ1) is 13.3. The zero-order chi connectivity index (χ0) is 18.5. The molecular formula is C20H18N6O. The number of rotatable bonds is 6. The van der Waals surface area contributed by atoms with Crippen LogP contribution in [0.5, 0.6) is 0 Å². The van der Waals surface area contributed by atoms with Gasteiger partial charge in [0.25, 0.3) is 5.91 Å². The Labute approximate surface area is 156 Å². The van der Waals surface area contributed by atoms with Gasteiger partial charge in [-0.15, -0.1) is 5.10 Å². The van der Waals surface area contributed by atoms with Crippen molar-refractivity contribution in [2.45, 2.75) is 13.1 Å². The summed E-state index contributed by atoms with van der Waals surface area (Å²) in [5, 5.41) is 15.1. The summed E-state index contributed by atoms with van der Waals surface area (Å²) < 4.78 is 3.44. The van der Waals surface area contributed by atoms with Crippen LogP contribution >= 0.6 is 0 Å². The normalized spacial score (nSPS) is 10.7. The number of nitrogens with one attached hydrogen (secondary N) is 1. The highest BCUT2D eigenvalue weighted by atomic mass is 16.2. The molecule has 0 bridgehead atoms. The second-order valence-corrected chi connectivity index (χ2v) is 6.04. The summed E-state index contributed by atoms with van der Waals surface area (Å²) in [5.41, 5.74) is 3.28. The molecule has 1 N–H and O–H groups in total. The van der Waals surface area contributed by atoms with Gasteiger partial charge in [0, 0.05) is 18.9 Å². The van der Waals surface area contributed by atoms with Crippen LogP contribution < -0.4 is 5.32 Å². The molecule has 2 heterocycles. The molecule has 0 aliphatic heterocycles. The molecule has 7 heteroatoms. The molecule has 0 spiro atoms. The number of benzene rings is 2. The van der Waals surface area contributed by atoms with Gasteiger partial charge in [0.1, 0.15) is 0 Å². The number of hydrogen-bond acceptors (Lipinski definition) is 4. The van der Waals surface area contributed by atoms with Crippen LogP contribution in [0, 0.1) is 0 Å². The SMILES string of the molecule is O=C(NCc1ccccc1Cn1cccn1)c1cn(-c2ccccc2)nn1. The number of para-hydroxylation sites is 1. The van der Waals surface area contributed by atoms with Gasteiger partial charge in [0.05, 0.1) is 18.4 Å². The monoisotopic (exact) mass is 358 g/mol. The Balaban J connectivity index is 1.44. The summed E-state index contributed by atoms with van der Waals surface area (Å²) >= 11 is 0. The predicted molar refractivity (Wildman–Crippen MR) is 100 cm³/mol. The average Bonchev–Trinajstić information content (AvgIpc) is 3.40. The van der Waals surface area contributed by atoms with E-state index in [4.69, 9.17) is 0 Å². The van der Waals surface area contributed by atoms with E-state index in [1.165, 1.54) is 0 Å². The summed E-state index contributed by atoms with van der Waals surface area (Å²) in [6.07, 6.45) is 5.29. The van der Waals surface area contributed by atoms with Crippen LogP contribution in [0.4, 0.5) is 0 Å². The first-order valence-corrected chi connectivity index (χ1v) is 8.60. The summed E-state index contributed by atoms with van der Waals surface area (Å²) in [6.45, 7) is 1.07. The van der Waals surface area contributed by atoms with Crippen LogP contribution in [0.1, 0.15) is 21.6 Å². The van der Waals surface area contributed by atoms with E-state index in [-0.39, 0.29) is 11.6 Å². The van der Waals surface area contributed by atoms with Gasteiger partial charge in [-0.3, -0.25) is 9.48 Å². The summed E-state index contributed by atoms with van der Waals surface area (Å²) in [4.78, 5) is 12.4. The first-order valence-electron chi connectivity index (χ1n) is 8.60. The number of aromatic nitrogens is 5. The van der Waals surface area contributed by atoms with Crippen molar-refractivity contribution in [3.63, 3.8) is 0 Å². The molecule has 0 atom stereocenters. The second-order valence-electron chi connectivity index (χ2n) is 6.04. The smallest absolute Gasteiger partial charge is 0.273 e. The van der Waals surface area contributed by atoms with Crippen LogP contribution in [0.2, 0.25) is 0 Å². The molecular weight excluding hydrogens is 340 g/mol. The number of amides is 1. The van der Waals surface area contributed by atoms with Crippen LogP contribution in [-0.2, 0) is 13.1 Å². The minimum atomic E-state index is -0.258. The fraction of sp³-hybridized carbons (Fsp3) is 0.100. The van der Waals surface area contributed by atoms with E-state index in [1.54, 1.807) is 17.1 Å². The van der Waals surface area contributed by atoms with Gasteiger partial charge < -0.3 is 5.32 Å². The van der Waals surface area contributed by atoms with Crippen LogP contribution in [0.3, 0.4) is 0 Å². The van der Waals surface area contributed by atoms with Crippen molar-refractivity contribution < 1.29 is 4.79 Å². The van der Waals surface area contributed by atoms with Crippen molar-refractivity contribution in [2.24, 2.45) is 0 Å². The molecule has 0 aliphatic carbocycles. The molecule has 0 radical (unpaired) electrons. The van der Waals surface area contributed by atoms with Gasteiger partial charge in [-0.05, 0) is 29.3 Å². The van der Waals surface area contributed by atoms with Crippen molar-refractivity contribution >= 4 is 5.91 Å². The molecule has 7 nitrogen and oxygen atoms in total. The third-order valence-electron chi connectivity index (χ3n) is 4.20. The first kappa shape index (κ1) is 16.7. The number of hydrogen-bond donors (Lipinski definition) is 1. The third-order valence-corrected chi connectivity index (χ3v) is 4.20. The Morgan fingerprint density at radius 1 is 0.963 bits per heavy atom. The topological polar surface area (TPSA) is 77.6 Å². The lowest BCUT2D eigenvalue weighted by Crippen LogP contribution is -2.24. The predicted octanol–water partition coefficient (Wildman–Crippen LogP) is 2.44. The van der Waals surface area contributed by atoms with Crippen LogP contribution in [-0.4, -0.2) is 30.7 Å². The lowest BCUT2D eigenvalue weighted by atomic mass is 10.1. The average molecular weight is 358 g/mol. The minimum Gasteiger partial charge on any atom is -0.347 e. The van der Waals surface area contributed by atoms with Gasteiger partial charge in [-0.1, -0.05) is 47.7 Å². The van der Waals surface area contributed by atoms with Crippen molar-refractivity contribution in [2.75, 3.05) is 0 Å². The van der Waals surface area contributed by atoms with E-state index in [0.717, 1.165) is 16.8 Å². The lowest BCUT2D eigenvalue weighted by molar-refractivity contribution is 0.0945. The summed E-state index contributed by atoms with van der Waals surface area (Å²) in [7, 11) is 0. The number of carbonyl (C=O) groups excluding carboxylic acids is 1. The zero-order valence-corrected chi connectivity index (χ0v) is 14.6. The third kappa shape index (κ3) is 3.92. The highest BCUT2D eigenvalue weighted by molar-refractivity contribution is 5.91. The molecule has 1 amide bonds. The Bertz CT molecular complexity index is 1020. The highest BCUT2D eigenvalue weighted by Gasteiger charge is 2.12. The second kappa shape index (κ2) is 7.65. The largest absolute Gasteiger partial charge is 0.347 e. The van der Waals surface area contributed by atoms with E-state index >= 15 is 0 Å². The van der Waals surface area contributed by atoms with E-state index < -0.39 is 0 Å². The maximum absolute atomic E-state index is 12.4. The van der Waals surface area contributed by atoms with Gasteiger partial charge in [0.2, 0.25) is 0 Å². The van der Waals surface area contributed by atoms with Gasteiger partial charge in [-0.2, -0.15) is 5.10 Å². The maximum Gasteiger partial charge on any atom is 0.273 e. The summed E-state index contributed by atoms with van der Waals surface area (Å²) in [5.74, 6) is -0.258.